The van der Waals surface area contributed by atoms with Gasteiger partial charge in [-0.2, -0.15) is 5.10 Å². The van der Waals surface area contributed by atoms with Crippen molar-refractivity contribution in [2.24, 2.45) is 11.0 Å². The van der Waals surface area contributed by atoms with Gasteiger partial charge in [-0.15, -0.1) is 0 Å². The average Bonchev–Trinajstić information content (AvgIpc) is 3.07. The Labute approximate surface area is 175 Å². The summed E-state index contributed by atoms with van der Waals surface area (Å²) in [6.07, 6.45) is 3.44. The van der Waals surface area contributed by atoms with Crippen LogP contribution in [0.4, 0.5) is 0 Å². The Morgan fingerprint density at radius 2 is 1.72 bits per heavy atom. The zero-order valence-electron chi connectivity index (χ0n) is 17.8. The number of fused-ring (bicyclic) bond motifs is 1. The first kappa shape index (κ1) is 19.9. The highest BCUT2D eigenvalue weighted by molar-refractivity contribution is 6.07. The van der Waals surface area contributed by atoms with E-state index in [1.807, 2.05) is 0 Å². The molecule has 2 unspecified atom stereocenters. The van der Waals surface area contributed by atoms with E-state index in [1.165, 1.54) is 22.4 Å². The van der Waals surface area contributed by atoms with Crippen LogP contribution in [-0.4, -0.2) is 67.8 Å². The molecule has 0 aromatic heterocycles. The fraction of sp³-hybridized carbons (Fsp3) is 0.400. The van der Waals surface area contributed by atoms with Crippen molar-refractivity contribution in [3.05, 3.63) is 77.4 Å². The van der Waals surface area contributed by atoms with Gasteiger partial charge in [0.15, 0.2) is 0 Å². The van der Waals surface area contributed by atoms with E-state index in [4.69, 9.17) is 5.10 Å². The number of nitrogens with zero attached hydrogens (tertiary/aromatic N) is 4. The SMILES string of the molecule is CN(C)CCCN1N=C2/C(=C/c3ccccc3)CN(C)CC2C1c1ccccc1. The number of hydrazone groups is 1. The molecule has 2 atom stereocenters. The number of likely N-dealkylation sites (N-methyl/N-ethyl adjacent to an activating group) is 1. The van der Waals surface area contributed by atoms with Crippen molar-refractivity contribution in [1.82, 2.24) is 14.8 Å². The Morgan fingerprint density at radius 3 is 2.41 bits per heavy atom. The summed E-state index contributed by atoms with van der Waals surface area (Å²) in [7, 11) is 6.51. The van der Waals surface area contributed by atoms with Gasteiger partial charge >= 0.3 is 0 Å². The number of hydrogen-bond donors (Lipinski definition) is 0. The number of hydrogen-bond acceptors (Lipinski definition) is 4. The second-order valence-corrected chi connectivity index (χ2v) is 8.54. The lowest BCUT2D eigenvalue weighted by atomic mass is 9.83. The van der Waals surface area contributed by atoms with E-state index >= 15 is 0 Å². The van der Waals surface area contributed by atoms with Gasteiger partial charge in [0.1, 0.15) is 0 Å². The Balaban J connectivity index is 1.67. The Morgan fingerprint density at radius 1 is 1.03 bits per heavy atom. The molecule has 0 aliphatic carbocycles. The van der Waals surface area contributed by atoms with Gasteiger partial charge in [0.05, 0.1) is 11.8 Å². The van der Waals surface area contributed by atoms with Crippen molar-refractivity contribution in [3.8, 4) is 0 Å². The quantitative estimate of drug-likeness (QED) is 0.747. The Hall–Kier alpha value is -2.43. The third-order valence-corrected chi connectivity index (χ3v) is 5.84. The lowest BCUT2D eigenvalue weighted by Gasteiger charge is -2.34. The Kier molecular flexibility index (Phi) is 6.12. The molecular formula is C25H32N4. The van der Waals surface area contributed by atoms with Gasteiger partial charge in [0.2, 0.25) is 0 Å². The predicted octanol–water partition coefficient (Wildman–Crippen LogP) is 4.00. The second-order valence-electron chi connectivity index (χ2n) is 8.54. The minimum absolute atomic E-state index is 0.315. The smallest absolute Gasteiger partial charge is 0.0816 e. The van der Waals surface area contributed by atoms with Crippen LogP contribution in [0.1, 0.15) is 23.6 Å². The van der Waals surface area contributed by atoms with E-state index in [2.05, 4.69) is 103 Å². The summed E-state index contributed by atoms with van der Waals surface area (Å²) >= 11 is 0. The molecule has 1 saturated heterocycles. The summed E-state index contributed by atoms with van der Waals surface area (Å²) in [4.78, 5) is 4.69. The van der Waals surface area contributed by atoms with Crippen molar-refractivity contribution in [3.63, 3.8) is 0 Å². The van der Waals surface area contributed by atoms with Crippen LogP contribution in [-0.2, 0) is 0 Å². The second kappa shape index (κ2) is 8.93. The van der Waals surface area contributed by atoms with Gasteiger partial charge in [-0.1, -0.05) is 60.7 Å². The van der Waals surface area contributed by atoms with Gasteiger partial charge in [-0.25, -0.2) is 0 Å². The molecule has 4 heteroatoms. The molecule has 0 N–H and O–H groups in total. The fourth-order valence-electron chi connectivity index (χ4n) is 4.56. The molecule has 4 rings (SSSR count). The van der Waals surface area contributed by atoms with Crippen LogP contribution in [0.5, 0.6) is 0 Å². The molecule has 0 bridgehead atoms. The average molecular weight is 389 g/mol. The molecule has 0 radical (unpaired) electrons. The van der Waals surface area contributed by atoms with Crippen LogP contribution in [0.3, 0.4) is 0 Å². The molecule has 0 saturated carbocycles. The molecule has 2 aliphatic heterocycles. The molecule has 29 heavy (non-hydrogen) atoms. The summed E-state index contributed by atoms with van der Waals surface area (Å²) in [6.45, 7) is 4.08. The predicted molar refractivity (Wildman–Crippen MR) is 122 cm³/mol. The van der Waals surface area contributed by atoms with Crippen molar-refractivity contribution >= 4 is 11.8 Å². The maximum absolute atomic E-state index is 5.21. The molecule has 0 spiro atoms. The lowest BCUT2D eigenvalue weighted by Crippen LogP contribution is -2.41. The third-order valence-electron chi connectivity index (χ3n) is 5.84. The first-order chi connectivity index (χ1) is 14.1. The van der Waals surface area contributed by atoms with Crippen LogP contribution < -0.4 is 0 Å². The lowest BCUT2D eigenvalue weighted by molar-refractivity contribution is 0.172. The van der Waals surface area contributed by atoms with Crippen LogP contribution in [0, 0.1) is 5.92 Å². The first-order valence-corrected chi connectivity index (χ1v) is 10.6. The van der Waals surface area contributed by atoms with Crippen molar-refractivity contribution in [2.75, 3.05) is 47.3 Å². The minimum atomic E-state index is 0.315. The number of rotatable bonds is 6. The molecule has 2 heterocycles. The molecule has 4 nitrogen and oxygen atoms in total. The summed E-state index contributed by atoms with van der Waals surface area (Å²) < 4.78 is 0. The standard InChI is InChI=1S/C25H32N4/c1-27(2)15-10-16-29-25(21-13-8-5-9-14-21)23-19-28(3)18-22(24(23)26-29)17-20-11-6-4-7-12-20/h4-9,11-14,17,23,25H,10,15-16,18-19H2,1-3H3/b22-17+. The van der Waals surface area contributed by atoms with Crippen molar-refractivity contribution < 1.29 is 0 Å². The number of piperidine rings is 1. The topological polar surface area (TPSA) is 22.1 Å². The molecule has 2 aromatic rings. The maximum Gasteiger partial charge on any atom is 0.0816 e. The van der Waals surface area contributed by atoms with E-state index < -0.39 is 0 Å². The van der Waals surface area contributed by atoms with Crippen LogP contribution in [0.25, 0.3) is 6.08 Å². The fourth-order valence-corrected chi connectivity index (χ4v) is 4.56. The summed E-state index contributed by atoms with van der Waals surface area (Å²) in [5.41, 5.74) is 5.26. The molecule has 2 aromatic carbocycles. The molecule has 2 aliphatic rings. The van der Waals surface area contributed by atoms with Crippen LogP contribution in [0.2, 0.25) is 0 Å². The van der Waals surface area contributed by atoms with E-state index in [1.54, 1.807) is 0 Å². The first-order valence-electron chi connectivity index (χ1n) is 10.6. The van der Waals surface area contributed by atoms with E-state index in [0.29, 0.717) is 12.0 Å². The highest BCUT2D eigenvalue weighted by atomic mass is 15.5. The number of benzene rings is 2. The third kappa shape index (κ3) is 4.60. The molecular weight excluding hydrogens is 356 g/mol. The largest absolute Gasteiger partial charge is 0.309 e. The maximum atomic E-state index is 5.21. The highest BCUT2D eigenvalue weighted by Crippen LogP contribution is 2.40. The zero-order chi connectivity index (χ0) is 20.2. The monoisotopic (exact) mass is 388 g/mol. The highest BCUT2D eigenvalue weighted by Gasteiger charge is 2.42. The van der Waals surface area contributed by atoms with Crippen molar-refractivity contribution in [1.29, 1.82) is 0 Å². The van der Waals surface area contributed by atoms with E-state index in [0.717, 1.165) is 32.6 Å². The summed E-state index contributed by atoms with van der Waals surface area (Å²) in [6, 6.07) is 21.9. The molecule has 0 amide bonds. The Bertz CT molecular complexity index is 857. The molecule has 1 fully saturated rings. The normalized spacial score (nSPS) is 23.5. The summed E-state index contributed by atoms with van der Waals surface area (Å²) in [5.74, 6) is 0.408. The summed E-state index contributed by atoms with van der Waals surface area (Å²) in [5, 5.41) is 7.57. The van der Waals surface area contributed by atoms with Gasteiger partial charge < -0.3 is 9.80 Å². The molecule has 152 valence electrons. The number of likely N-dealkylation sites (tertiary alicyclic amines) is 1. The van der Waals surface area contributed by atoms with Crippen molar-refractivity contribution in [2.45, 2.75) is 12.5 Å². The van der Waals surface area contributed by atoms with Crippen LogP contribution in [0.15, 0.2) is 71.3 Å². The van der Waals surface area contributed by atoms with Gasteiger partial charge in [-0.3, -0.25) is 5.01 Å². The van der Waals surface area contributed by atoms with Gasteiger partial charge in [0.25, 0.3) is 0 Å². The van der Waals surface area contributed by atoms with Crippen LogP contribution >= 0.6 is 0 Å². The van der Waals surface area contributed by atoms with E-state index in [9.17, 15) is 0 Å². The van der Waals surface area contributed by atoms with E-state index in [-0.39, 0.29) is 0 Å². The van der Waals surface area contributed by atoms with Gasteiger partial charge in [-0.05, 0) is 56.9 Å². The minimum Gasteiger partial charge on any atom is -0.309 e. The van der Waals surface area contributed by atoms with Gasteiger partial charge in [0, 0.05) is 25.6 Å². The zero-order valence-corrected chi connectivity index (χ0v) is 17.8.